The molecule has 0 aromatic heterocycles. The Balaban J connectivity index is 2.50. The molecule has 0 spiro atoms. The normalized spacial score (nSPS) is 10.1. The fraction of sp³-hybridized carbons (Fsp3) is 0.0833. The highest BCUT2D eigenvalue weighted by Gasteiger charge is 1.98. The van der Waals surface area contributed by atoms with Gasteiger partial charge in [0.05, 0.1) is 6.26 Å². The van der Waals surface area contributed by atoms with E-state index in [-0.39, 0.29) is 0 Å². The molecule has 1 aromatic rings. The maximum atomic E-state index is 11.0. The molecule has 0 heterocycles. The summed E-state index contributed by atoms with van der Waals surface area (Å²) >= 11 is 0. The third-order valence-corrected chi connectivity index (χ3v) is 1.58. The maximum Gasteiger partial charge on any atom is 0.337 e. The Morgan fingerprint density at radius 2 is 2.00 bits per heavy atom. The standard InChI is InChI=1S/C12H12O2/c1-10(2)12(13)14-9-8-11-6-4-3-5-7-11/h3-9H,1H2,2H3. The lowest BCUT2D eigenvalue weighted by atomic mass is 10.2. The van der Waals surface area contributed by atoms with E-state index in [1.165, 1.54) is 6.26 Å². The molecule has 0 aliphatic heterocycles. The highest BCUT2D eigenvalue weighted by atomic mass is 16.5. The van der Waals surface area contributed by atoms with Gasteiger partial charge in [-0.05, 0) is 18.6 Å². The lowest BCUT2D eigenvalue weighted by Crippen LogP contribution is -1.98. The minimum absolute atomic E-state index is 0.391. The quantitative estimate of drug-likeness (QED) is 0.414. The molecule has 0 unspecified atom stereocenters. The second kappa shape index (κ2) is 5.02. The monoisotopic (exact) mass is 188 g/mol. The second-order valence-corrected chi connectivity index (χ2v) is 2.90. The zero-order valence-corrected chi connectivity index (χ0v) is 8.07. The van der Waals surface area contributed by atoms with Crippen molar-refractivity contribution < 1.29 is 9.53 Å². The first-order valence-electron chi connectivity index (χ1n) is 4.28. The van der Waals surface area contributed by atoms with Gasteiger partial charge in [0.25, 0.3) is 0 Å². The molecular formula is C12H12O2. The molecule has 0 saturated carbocycles. The lowest BCUT2D eigenvalue weighted by Gasteiger charge is -1.96. The smallest absolute Gasteiger partial charge is 0.337 e. The minimum atomic E-state index is -0.405. The molecule has 0 amide bonds. The number of carbonyl (C=O) groups is 1. The highest BCUT2D eigenvalue weighted by molar-refractivity contribution is 5.87. The number of hydrogen-bond donors (Lipinski definition) is 0. The molecule has 72 valence electrons. The number of hydrogen-bond acceptors (Lipinski definition) is 2. The van der Waals surface area contributed by atoms with Crippen LogP contribution in [-0.4, -0.2) is 5.97 Å². The third kappa shape index (κ3) is 3.27. The Morgan fingerprint density at radius 1 is 1.36 bits per heavy atom. The molecule has 0 aliphatic rings. The van der Waals surface area contributed by atoms with Gasteiger partial charge in [-0.2, -0.15) is 0 Å². The average molecular weight is 188 g/mol. The summed E-state index contributed by atoms with van der Waals surface area (Å²) in [5.41, 5.74) is 1.38. The van der Waals surface area contributed by atoms with Gasteiger partial charge >= 0.3 is 5.97 Å². The van der Waals surface area contributed by atoms with Crippen LogP contribution in [0.5, 0.6) is 0 Å². The van der Waals surface area contributed by atoms with E-state index in [0.717, 1.165) is 5.56 Å². The van der Waals surface area contributed by atoms with Crippen molar-refractivity contribution in [1.29, 1.82) is 0 Å². The van der Waals surface area contributed by atoms with Crippen molar-refractivity contribution in [2.45, 2.75) is 6.92 Å². The number of benzene rings is 1. The number of esters is 1. The summed E-state index contributed by atoms with van der Waals surface area (Å²) in [6, 6.07) is 9.61. The summed E-state index contributed by atoms with van der Waals surface area (Å²) in [7, 11) is 0. The van der Waals surface area contributed by atoms with Gasteiger partial charge < -0.3 is 4.74 Å². The van der Waals surface area contributed by atoms with Gasteiger partial charge in [0.2, 0.25) is 0 Å². The van der Waals surface area contributed by atoms with Crippen molar-refractivity contribution in [2.75, 3.05) is 0 Å². The van der Waals surface area contributed by atoms with Crippen LogP contribution in [0, 0.1) is 0 Å². The molecule has 0 radical (unpaired) electrons. The van der Waals surface area contributed by atoms with Gasteiger partial charge in [-0.15, -0.1) is 0 Å². The predicted molar refractivity (Wildman–Crippen MR) is 56.4 cm³/mol. The molecule has 1 rings (SSSR count). The Morgan fingerprint density at radius 3 is 2.57 bits per heavy atom. The van der Waals surface area contributed by atoms with Crippen molar-refractivity contribution in [3.05, 3.63) is 54.3 Å². The molecule has 0 atom stereocenters. The SMILES string of the molecule is C=C(C)C(=O)OC=Cc1ccccc1. The van der Waals surface area contributed by atoms with Gasteiger partial charge in [0.15, 0.2) is 0 Å². The molecule has 2 nitrogen and oxygen atoms in total. The topological polar surface area (TPSA) is 26.3 Å². The van der Waals surface area contributed by atoms with Gasteiger partial charge in [0, 0.05) is 5.57 Å². The zero-order valence-electron chi connectivity index (χ0n) is 8.07. The van der Waals surface area contributed by atoms with Crippen LogP contribution in [0.1, 0.15) is 12.5 Å². The molecule has 2 heteroatoms. The van der Waals surface area contributed by atoms with Crippen LogP contribution < -0.4 is 0 Å². The van der Waals surface area contributed by atoms with Crippen molar-refractivity contribution in [3.63, 3.8) is 0 Å². The van der Waals surface area contributed by atoms with Crippen LogP contribution in [0.15, 0.2) is 48.7 Å². The first-order valence-corrected chi connectivity index (χ1v) is 4.28. The van der Waals surface area contributed by atoms with E-state index in [1.807, 2.05) is 30.3 Å². The fourth-order valence-corrected chi connectivity index (χ4v) is 0.839. The maximum absolute atomic E-state index is 11.0. The summed E-state index contributed by atoms with van der Waals surface area (Å²) in [6.07, 6.45) is 3.09. The Kier molecular flexibility index (Phi) is 3.68. The average Bonchev–Trinajstić information content (AvgIpc) is 2.19. The predicted octanol–water partition coefficient (Wildman–Crippen LogP) is 2.78. The molecular weight excluding hydrogens is 176 g/mol. The van der Waals surface area contributed by atoms with E-state index < -0.39 is 5.97 Å². The van der Waals surface area contributed by atoms with Gasteiger partial charge in [-0.1, -0.05) is 36.9 Å². The zero-order chi connectivity index (χ0) is 10.4. The van der Waals surface area contributed by atoms with Crippen molar-refractivity contribution in [1.82, 2.24) is 0 Å². The summed E-state index contributed by atoms with van der Waals surface area (Å²) in [6.45, 7) is 5.08. The molecule has 0 N–H and O–H groups in total. The lowest BCUT2D eigenvalue weighted by molar-refractivity contribution is -0.133. The summed E-state index contributed by atoms with van der Waals surface area (Å²) in [4.78, 5) is 11.0. The van der Waals surface area contributed by atoms with Crippen LogP contribution in [0.3, 0.4) is 0 Å². The summed E-state index contributed by atoms with van der Waals surface area (Å²) in [5.74, 6) is -0.405. The highest BCUT2D eigenvalue weighted by Crippen LogP contribution is 2.01. The minimum Gasteiger partial charge on any atom is -0.431 e. The van der Waals surface area contributed by atoms with Crippen LogP contribution in [0.25, 0.3) is 6.08 Å². The van der Waals surface area contributed by atoms with E-state index in [4.69, 9.17) is 4.74 Å². The Labute approximate surface area is 83.5 Å². The number of rotatable bonds is 3. The fourth-order valence-electron chi connectivity index (χ4n) is 0.839. The van der Waals surface area contributed by atoms with E-state index in [9.17, 15) is 4.79 Å². The van der Waals surface area contributed by atoms with Crippen molar-refractivity contribution in [3.8, 4) is 0 Å². The molecule has 0 bridgehead atoms. The Hall–Kier alpha value is -1.83. The molecule has 1 aromatic carbocycles. The van der Waals surface area contributed by atoms with Crippen LogP contribution in [0.4, 0.5) is 0 Å². The Bertz CT molecular complexity index is 350. The third-order valence-electron chi connectivity index (χ3n) is 1.58. The van der Waals surface area contributed by atoms with E-state index >= 15 is 0 Å². The van der Waals surface area contributed by atoms with Crippen LogP contribution in [0.2, 0.25) is 0 Å². The van der Waals surface area contributed by atoms with Crippen LogP contribution in [-0.2, 0) is 9.53 Å². The molecule has 14 heavy (non-hydrogen) atoms. The first kappa shape index (κ1) is 10.3. The largest absolute Gasteiger partial charge is 0.431 e. The van der Waals surface area contributed by atoms with E-state index in [1.54, 1.807) is 13.0 Å². The second-order valence-electron chi connectivity index (χ2n) is 2.90. The van der Waals surface area contributed by atoms with E-state index in [2.05, 4.69) is 6.58 Å². The molecule has 0 aliphatic carbocycles. The summed E-state index contributed by atoms with van der Waals surface area (Å²) in [5, 5.41) is 0. The van der Waals surface area contributed by atoms with Gasteiger partial charge in [-0.25, -0.2) is 4.79 Å². The molecule has 0 fully saturated rings. The van der Waals surface area contributed by atoms with Crippen molar-refractivity contribution in [2.24, 2.45) is 0 Å². The first-order chi connectivity index (χ1) is 6.70. The number of ether oxygens (including phenoxy) is 1. The van der Waals surface area contributed by atoms with Crippen molar-refractivity contribution >= 4 is 12.0 Å². The number of carbonyl (C=O) groups excluding carboxylic acids is 1. The summed E-state index contributed by atoms with van der Waals surface area (Å²) < 4.78 is 4.79. The van der Waals surface area contributed by atoms with Gasteiger partial charge in [-0.3, -0.25) is 0 Å². The van der Waals surface area contributed by atoms with Crippen LogP contribution >= 0.6 is 0 Å². The van der Waals surface area contributed by atoms with Gasteiger partial charge in [0.1, 0.15) is 0 Å². The van der Waals surface area contributed by atoms with E-state index in [0.29, 0.717) is 5.57 Å². The molecule has 0 saturated heterocycles.